The molecule has 1 aliphatic heterocycles. The van der Waals surface area contributed by atoms with E-state index in [0.29, 0.717) is 34.8 Å². The molecule has 2 aromatic carbocycles. The van der Waals surface area contributed by atoms with E-state index in [4.69, 9.17) is 16.3 Å². The van der Waals surface area contributed by atoms with Gasteiger partial charge in [-0.1, -0.05) is 11.6 Å². The van der Waals surface area contributed by atoms with Gasteiger partial charge in [-0.05, 0) is 50.7 Å². The lowest BCUT2D eigenvalue weighted by Crippen LogP contribution is -2.23. The average molecular weight is 505 g/mol. The fraction of sp³-hybridized carbons (Fsp3) is 0.333. The number of hydrogen-bond donors (Lipinski definition) is 1. The lowest BCUT2D eigenvalue weighted by Gasteiger charge is -2.19. The number of fused-ring (bicyclic) bond motifs is 1. The van der Waals surface area contributed by atoms with Crippen LogP contribution in [0.4, 0.5) is 18.9 Å². The van der Waals surface area contributed by atoms with Crippen molar-refractivity contribution in [1.29, 1.82) is 0 Å². The van der Waals surface area contributed by atoms with Crippen LogP contribution >= 0.6 is 22.9 Å². The van der Waals surface area contributed by atoms with Crippen LogP contribution in [0.2, 0.25) is 5.02 Å². The van der Waals surface area contributed by atoms with Gasteiger partial charge in [-0.25, -0.2) is 8.42 Å². The van der Waals surface area contributed by atoms with Gasteiger partial charge in [0.25, 0.3) is 10.0 Å². The number of hydrogen-bond acceptors (Lipinski definition) is 5. The first kappa shape index (κ1) is 23.2. The molecule has 1 N–H and O–H groups in total. The fourth-order valence-electron chi connectivity index (χ4n) is 3.80. The number of ether oxygens (including phenoxy) is 1. The zero-order valence-corrected chi connectivity index (χ0v) is 19.6. The number of nitrogens with zero attached hydrogens (tertiary/aromatic N) is 1. The first-order valence-corrected chi connectivity index (χ1v) is 12.4. The van der Waals surface area contributed by atoms with Crippen molar-refractivity contribution in [1.82, 2.24) is 4.90 Å². The third kappa shape index (κ3) is 4.68. The van der Waals surface area contributed by atoms with E-state index in [2.05, 4.69) is 4.72 Å². The van der Waals surface area contributed by atoms with Gasteiger partial charge < -0.3 is 9.64 Å². The van der Waals surface area contributed by atoms with E-state index in [1.54, 1.807) is 25.1 Å². The van der Waals surface area contributed by atoms with Crippen LogP contribution in [0.3, 0.4) is 0 Å². The highest BCUT2D eigenvalue weighted by Crippen LogP contribution is 2.40. The molecule has 4 rings (SSSR count). The highest BCUT2D eigenvalue weighted by atomic mass is 35.5. The van der Waals surface area contributed by atoms with Crippen molar-refractivity contribution in [3.8, 4) is 5.75 Å². The molecular weight excluding hydrogens is 485 g/mol. The van der Waals surface area contributed by atoms with Crippen LogP contribution in [0.25, 0.3) is 10.1 Å². The second-order valence-corrected chi connectivity index (χ2v) is 11.0. The standard InChI is InChI=1S/C21H20ClF3N2O3S2/c1-12-20(16-9-13(22)3-6-19(16)31-12)32(28,29)26-14-4-5-17(21(23,24)25)18(10-14)30-15-7-8-27(2)11-15/h3-6,9-10,15,26H,7-8,11H2,1-2H3/t15-/m0/s1. The third-order valence-corrected chi connectivity index (χ3v) is 8.24. The molecule has 0 aliphatic carbocycles. The minimum Gasteiger partial charge on any atom is -0.488 e. The Balaban J connectivity index is 1.70. The minimum absolute atomic E-state index is 0.0138. The average Bonchev–Trinajstić information content (AvgIpc) is 3.22. The zero-order chi connectivity index (χ0) is 23.3. The molecule has 1 fully saturated rings. The predicted octanol–water partition coefficient (Wildman–Crippen LogP) is 5.77. The number of likely N-dealkylation sites (N-methyl/N-ethyl adjacent to an activating group) is 1. The van der Waals surface area contributed by atoms with Crippen molar-refractivity contribution in [2.75, 3.05) is 24.9 Å². The number of halogens is 4. The third-order valence-electron chi connectivity index (χ3n) is 5.22. The Bertz CT molecular complexity index is 1280. The van der Waals surface area contributed by atoms with Gasteiger partial charge >= 0.3 is 6.18 Å². The molecule has 0 spiro atoms. The molecular formula is C21H20ClF3N2O3S2. The van der Waals surface area contributed by atoms with E-state index in [9.17, 15) is 21.6 Å². The summed E-state index contributed by atoms with van der Waals surface area (Å²) >= 11 is 7.34. The Kier molecular flexibility index (Phi) is 6.08. The molecule has 1 saturated heterocycles. The van der Waals surface area contributed by atoms with E-state index in [-0.39, 0.29) is 10.6 Å². The fourth-order valence-corrected chi connectivity index (χ4v) is 6.80. The van der Waals surface area contributed by atoms with Crippen LogP contribution in [0, 0.1) is 6.92 Å². The summed E-state index contributed by atoms with van der Waals surface area (Å²) in [5, 5.41) is 0.850. The lowest BCUT2D eigenvalue weighted by molar-refractivity contribution is -0.139. The maximum Gasteiger partial charge on any atom is 0.419 e. The topological polar surface area (TPSA) is 58.6 Å². The summed E-state index contributed by atoms with van der Waals surface area (Å²) in [6.07, 6.45) is -4.45. The highest BCUT2D eigenvalue weighted by molar-refractivity contribution is 7.93. The van der Waals surface area contributed by atoms with E-state index in [1.165, 1.54) is 11.3 Å². The van der Waals surface area contributed by atoms with Crippen LogP contribution in [0.15, 0.2) is 41.3 Å². The second kappa shape index (κ2) is 8.40. The summed E-state index contributed by atoms with van der Waals surface area (Å²) < 4.78 is 75.7. The van der Waals surface area contributed by atoms with Crippen LogP contribution in [-0.2, 0) is 16.2 Å². The van der Waals surface area contributed by atoms with Crippen LogP contribution < -0.4 is 9.46 Å². The quantitative estimate of drug-likeness (QED) is 0.479. The molecule has 32 heavy (non-hydrogen) atoms. The number of benzene rings is 2. The van der Waals surface area contributed by atoms with Crippen LogP contribution in [0.5, 0.6) is 5.75 Å². The van der Waals surface area contributed by atoms with Gasteiger partial charge in [0, 0.05) is 39.1 Å². The summed E-state index contributed by atoms with van der Waals surface area (Å²) in [6.45, 7) is 2.88. The molecule has 3 aromatic rings. The largest absolute Gasteiger partial charge is 0.488 e. The number of nitrogens with one attached hydrogen (secondary N) is 1. The van der Waals surface area contributed by atoms with E-state index >= 15 is 0 Å². The van der Waals surface area contributed by atoms with Crippen molar-refractivity contribution in [2.24, 2.45) is 0 Å². The van der Waals surface area contributed by atoms with Crippen molar-refractivity contribution in [3.05, 3.63) is 51.9 Å². The number of alkyl halides is 3. The second-order valence-electron chi connectivity index (χ2n) is 7.73. The number of aryl methyl sites for hydroxylation is 1. The SMILES string of the molecule is Cc1sc2ccc(Cl)cc2c1S(=O)(=O)Nc1ccc(C(F)(F)F)c(O[C@H]2CCN(C)C2)c1. The Labute approximate surface area is 192 Å². The molecule has 5 nitrogen and oxygen atoms in total. The Hall–Kier alpha value is -2.01. The minimum atomic E-state index is -4.63. The molecule has 1 aromatic heterocycles. The summed E-state index contributed by atoms with van der Waals surface area (Å²) in [7, 11) is -2.23. The molecule has 2 heterocycles. The van der Waals surface area contributed by atoms with Gasteiger partial charge in [0.1, 0.15) is 16.7 Å². The lowest BCUT2D eigenvalue weighted by atomic mass is 10.1. The van der Waals surface area contributed by atoms with Crippen LogP contribution in [-0.4, -0.2) is 39.6 Å². The van der Waals surface area contributed by atoms with Gasteiger partial charge in [0.15, 0.2) is 0 Å². The van der Waals surface area contributed by atoms with E-state index in [1.807, 2.05) is 11.9 Å². The molecule has 0 amide bonds. The number of rotatable bonds is 5. The Morgan fingerprint density at radius 3 is 2.62 bits per heavy atom. The maximum atomic E-state index is 13.5. The summed E-state index contributed by atoms with van der Waals surface area (Å²) in [6, 6.07) is 7.98. The molecule has 0 saturated carbocycles. The number of anilines is 1. The molecule has 0 radical (unpaired) electrons. The summed E-state index contributed by atoms with van der Waals surface area (Å²) in [4.78, 5) is 2.56. The van der Waals surface area contributed by atoms with Crippen molar-refractivity contribution in [2.45, 2.75) is 30.5 Å². The predicted molar refractivity (Wildman–Crippen MR) is 120 cm³/mol. The van der Waals surface area contributed by atoms with Gasteiger partial charge in [-0.2, -0.15) is 13.2 Å². The highest BCUT2D eigenvalue weighted by Gasteiger charge is 2.36. The van der Waals surface area contributed by atoms with Gasteiger partial charge in [0.2, 0.25) is 0 Å². The maximum absolute atomic E-state index is 13.5. The number of likely N-dealkylation sites (tertiary alicyclic amines) is 1. The van der Waals surface area contributed by atoms with E-state index in [0.717, 1.165) is 22.9 Å². The first-order valence-electron chi connectivity index (χ1n) is 9.72. The smallest absolute Gasteiger partial charge is 0.419 e. The molecule has 1 aliphatic rings. The van der Waals surface area contributed by atoms with Crippen molar-refractivity contribution < 1.29 is 26.3 Å². The van der Waals surface area contributed by atoms with Crippen molar-refractivity contribution in [3.63, 3.8) is 0 Å². The molecule has 11 heteroatoms. The number of thiophene rings is 1. The normalized spacial score (nSPS) is 17.8. The van der Waals surface area contributed by atoms with Crippen molar-refractivity contribution >= 4 is 48.7 Å². The van der Waals surface area contributed by atoms with Gasteiger partial charge in [-0.15, -0.1) is 11.3 Å². The molecule has 172 valence electrons. The Morgan fingerprint density at radius 2 is 1.97 bits per heavy atom. The number of sulfonamides is 1. The Morgan fingerprint density at radius 1 is 1.22 bits per heavy atom. The molecule has 0 unspecified atom stereocenters. The van der Waals surface area contributed by atoms with Crippen LogP contribution in [0.1, 0.15) is 16.9 Å². The molecule has 1 atom stereocenters. The molecule has 0 bridgehead atoms. The summed E-state index contributed by atoms with van der Waals surface area (Å²) in [5.41, 5.74) is -0.959. The van der Waals surface area contributed by atoms with E-state index < -0.39 is 33.6 Å². The first-order chi connectivity index (χ1) is 14.9. The zero-order valence-electron chi connectivity index (χ0n) is 17.2. The van der Waals surface area contributed by atoms with Gasteiger partial charge in [-0.3, -0.25) is 4.72 Å². The monoisotopic (exact) mass is 504 g/mol. The summed E-state index contributed by atoms with van der Waals surface area (Å²) in [5.74, 6) is -0.395. The van der Waals surface area contributed by atoms with Gasteiger partial charge in [0.05, 0.1) is 11.3 Å².